The zero-order valence-corrected chi connectivity index (χ0v) is 21.6. The molecule has 0 saturated heterocycles. The lowest BCUT2D eigenvalue weighted by Gasteiger charge is -2.59. The third-order valence-electron chi connectivity index (χ3n) is 10.2. The van der Waals surface area contributed by atoms with Crippen LogP contribution in [0.5, 0.6) is 0 Å². The summed E-state index contributed by atoms with van der Waals surface area (Å²) in [6.45, 7) is 10.0. The van der Waals surface area contributed by atoms with Crippen LogP contribution in [0.3, 0.4) is 0 Å². The van der Waals surface area contributed by atoms with E-state index in [1.807, 2.05) is 0 Å². The first-order valence-corrected chi connectivity index (χ1v) is 14.3. The molecule has 0 radical (unpaired) electrons. The molecule has 2 heteroatoms. The van der Waals surface area contributed by atoms with Crippen molar-refractivity contribution in [3.63, 3.8) is 0 Å². The number of halogens is 1. The highest BCUT2D eigenvalue weighted by molar-refractivity contribution is 14.1. The van der Waals surface area contributed by atoms with Crippen molar-refractivity contribution in [2.24, 2.45) is 46.3 Å². The van der Waals surface area contributed by atoms with Crippen LogP contribution in [0.2, 0.25) is 0 Å². The number of rotatable bonds is 6. The van der Waals surface area contributed by atoms with Gasteiger partial charge in [-0.05, 0) is 92.3 Å². The molecule has 0 aromatic rings. The molecule has 3 fully saturated rings. The molecule has 3 saturated carbocycles. The first kappa shape index (κ1) is 22.6. The smallest absolute Gasteiger partial charge is 0.0577 e. The lowest BCUT2D eigenvalue weighted by atomic mass is 9.47. The van der Waals surface area contributed by atoms with Crippen molar-refractivity contribution in [1.82, 2.24) is 0 Å². The number of aliphatic hydroxyl groups excluding tert-OH is 1. The molecular formula is C27H45IO. The molecule has 0 spiro atoms. The third-order valence-corrected chi connectivity index (χ3v) is 11.6. The van der Waals surface area contributed by atoms with Crippen LogP contribution in [0.25, 0.3) is 0 Å². The minimum absolute atomic E-state index is 0.0784. The maximum Gasteiger partial charge on any atom is 0.0577 e. The Morgan fingerprint density at radius 1 is 1.07 bits per heavy atom. The summed E-state index contributed by atoms with van der Waals surface area (Å²) in [4.78, 5) is 0. The van der Waals surface area contributed by atoms with Crippen LogP contribution in [0.1, 0.15) is 98.3 Å². The van der Waals surface area contributed by atoms with Gasteiger partial charge in [0.25, 0.3) is 0 Å². The van der Waals surface area contributed by atoms with E-state index >= 15 is 0 Å². The Balaban J connectivity index is 1.51. The van der Waals surface area contributed by atoms with Gasteiger partial charge < -0.3 is 5.11 Å². The molecule has 4 rings (SSSR count). The van der Waals surface area contributed by atoms with Gasteiger partial charge in [0.05, 0.1) is 6.10 Å². The number of allylic oxidation sites excluding steroid dienone is 1. The second kappa shape index (κ2) is 8.75. The van der Waals surface area contributed by atoms with Crippen LogP contribution in [0.4, 0.5) is 0 Å². The van der Waals surface area contributed by atoms with E-state index in [0.717, 1.165) is 48.3 Å². The van der Waals surface area contributed by atoms with Crippen LogP contribution in [0, 0.1) is 46.3 Å². The molecule has 0 bridgehead atoms. The molecule has 8 atom stereocenters. The fourth-order valence-electron chi connectivity index (χ4n) is 8.71. The van der Waals surface area contributed by atoms with E-state index in [0.29, 0.717) is 10.8 Å². The van der Waals surface area contributed by atoms with Crippen molar-refractivity contribution in [3.8, 4) is 0 Å². The summed E-state index contributed by atoms with van der Waals surface area (Å²) in [6, 6.07) is 0. The molecule has 0 aromatic heterocycles. The molecule has 4 aliphatic rings. The fourth-order valence-corrected chi connectivity index (χ4v) is 10.1. The maximum atomic E-state index is 10.3. The molecule has 0 amide bonds. The van der Waals surface area contributed by atoms with Crippen molar-refractivity contribution in [3.05, 3.63) is 11.6 Å². The highest BCUT2D eigenvalue weighted by Gasteiger charge is 2.59. The van der Waals surface area contributed by atoms with Crippen molar-refractivity contribution >= 4 is 22.6 Å². The highest BCUT2D eigenvalue weighted by atomic mass is 127. The Kier molecular flexibility index (Phi) is 6.83. The number of aliphatic hydroxyl groups is 1. The second-order valence-corrected chi connectivity index (χ2v) is 12.8. The zero-order valence-electron chi connectivity index (χ0n) is 19.4. The Morgan fingerprint density at radius 3 is 2.59 bits per heavy atom. The van der Waals surface area contributed by atoms with Gasteiger partial charge in [0.15, 0.2) is 0 Å². The quantitative estimate of drug-likeness (QED) is 0.219. The zero-order chi connectivity index (χ0) is 20.8. The van der Waals surface area contributed by atoms with Crippen LogP contribution in [-0.2, 0) is 0 Å². The van der Waals surface area contributed by atoms with Crippen LogP contribution < -0.4 is 0 Å². The number of hydrogen-bond donors (Lipinski definition) is 1. The van der Waals surface area contributed by atoms with E-state index < -0.39 is 0 Å². The fraction of sp³-hybridized carbons (Fsp3) is 0.926. The largest absolute Gasteiger partial charge is 0.393 e. The summed E-state index contributed by atoms with van der Waals surface area (Å²) in [6.07, 6.45) is 17.2. The van der Waals surface area contributed by atoms with E-state index in [9.17, 15) is 5.11 Å². The average molecular weight is 513 g/mol. The van der Waals surface area contributed by atoms with E-state index in [1.165, 1.54) is 62.2 Å². The van der Waals surface area contributed by atoms with E-state index in [4.69, 9.17) is 0 Å². The van der Waals surface area contributed by atoms with Gasteiger partial charge in [0.1, 0.15) is 0 Å². The van der Waals surface area contributed by atoms with Crippen LogP contribution >= 0.6 is 22.6 Å². The molecule has 29 heavy (non-hydrogen) atoms. The monoisotopic (exact) mass is 512 g/mol. The summed E-state index contributed by atoms with van der Waals surface area (Å²) in [7, 11) is 0. The van der Waals surface area contributed by atoms with Gasteiger partial charge in [0.2, 0.25) is 0 Å². The molecule has 1 N–H and O–H groups in total. The van der Waals surface area contributed by atoms with Gasteiger partial charge in [-0.1, -0.05) is 81.2 Å². The molecule has 4 aliphatic carbocycles. The minimum atomic E-state index is -0.0784. The standard InChI is InChI=1S/C27H45IO/c1-18(2)6-5-7-19(3)23-10-11-24-22-9-8-20-16-21(29)12-15-27(20,17-28)25(22)13-14-26(23,24)4/h8,18-19,21-25,29H,5-7,9-17H2,1-4H3/t19-,21+,22+,23-,24+,25+,26-,27-/m1/s1. The van der Waals surface area contributed by atoms with Gasteiger partial charge in [-0.15, -0.1) is 0 Å². The van der Waals surface area contributed by atoms with Gasteiger partial charge in [-0.3, -0.25) is 0 Å². The van der Waals surface area contributed by atoms with Gasteiger partial charge in [0, 0.05) is 9.84 Å². The molecule has 166 valence electrons. The molecule has 0 aromatic carbocycles. The van der Waals surface area contributed by atoms with Crippen LogP contribution in [-0.4, -0.2) is 15.6 Å². The molecule has 0 aliphatic heterocycles. The van der Waals surface area contributed by atoms with Crippen LogP contribution in [0.15, 0.2) is 11.6 Å². The predicted molar refractivity (Wildman–Crippen MR) is 132 cm³/mol. The Labute approximate surface area is 194 Å². The lowest BCUT2D eigenvalue weighted by molar-refractivity contribution is -0.0548. The van der Waals surface area contributed by atoms with Gasteiger partial charge in [-0.2, -0.15) is 0 Å². The summed E-state index contributed by atoms with van der Waals surface area (Å²) in [5, 5.41) is 10.3. The summed E-state index contributed by atoms with van der Waals surface area (Å²) >= 11 is 2.68. The summed E-state index contributed by atoms with van der Waals surface area (Å²) in [5.74, 6) is 5.46. The average Bonchev–Trinajstić information content (AvgIpc) is 3.04. The van der Waals surface area contributed by atoms with Gasteiger partial charge >= 0.3 is 0 Å². The second-order valence-electron chi connectivity index (χ2n) is 12.1. The van der Waals surface area contributed by atoms with Crippen molar-refractivity contribution in [2.45, 2.75) is 104 Å². The molecule has 0 heterocycles. The number of alkyl halides is 1. The van der Waals surface area contributed by atoms with Crippen molar-refractivity contribution in [2.75, 3.05) is 4.43 Å². The SMILES string of the molecule is CC(C)CCC[C@@H](C)[C@H]1CC[C@H]2[C@@H]3CC=C4C[C@@H](O)CC[C@]4(CI)[C@H]3CC[C@]12C. The molecular weight excluding hydrogens is 467 g/mol. The maximum absolute atomic E-state index is 10.3. The Hall–Kier alpha value is 0.430. The van der Waals surface area contributed by atoms with E-state index in [1.54, 1.807) is 5.57 Å². The molecule has 0 unspecified atom stereocenters. The van der Waals surface area contributed by atoms with Crippen molar-refractivity contribution < 1.29 is 5.11 Å². The highest BCUT2D eigenvalue weighted by Crippen LogP contribution is 2.67. The van der Waals surface area contributed by atoms with E-state index in [2.05, 4.69) is 56.4 Å². The normalized spacial score (nSPS) is 45.3. The lowest BCUT2D eigenvalue weighted by Crippen LogP contribution is -2.52. The number of fused-ring (bicyclic) bond motifs is 5. The minimum Gasteiger partial charge on any atom is -0.393 e. The summed E-state index contributed by atoms with van der Waals surface area (Å²) < 4.78 is 1.27. The topological polar surface area (TPSA) is 20.2 Å². The predicted octanol–water partition coefficient (Wildman–Crippen LogP) is 7.80. The first-order valence-electron chi connectivity index (χ1n) is 12.8. The van der Waals surface area contributed by atoms with Crippen molar-refractivity contribution in [1.29, 1.82) is 0 Å². The first-order chi connectivity index (χ1) is 13.8. The third kappa shape index (κ3) is 3.89. The Morgan fingerprint density at radius 2 is 1.86 bits per heavy atom. The summed E-state index contributed by atoms with van der Waals surface area (Å²) in [5.41, 5.74) is 2.65. The molecule has 1 nitrogen and oxygen atoms in total. The van der Waals surface area contributed by atoms with Gasteiger partial charge in [-0.25, -0.2) is 0 Å². The van der Waals surface area contributed by atoms with E-state index in [-0.39, 0.29) is 6.10 Å². The Bertz CT molecular complexity index is 612. The number of hydrogen-bond acceptors (Lipinski definition) is 1.